The molecular weight excluding hydrogens is 268 g/mol. The van der Waals surface area contributed by atoms with Gasteiger partial charge in [0.2, 0.25) is 0 Å². The van der Waals surface area contributed by atoms with Gasteiger partial charge in [-0.1, -0.05) is 17.3 Å². The van der Waals surface area contributed by atoms with Crippen molar-refractivity contribution in [1.29, 1.82) is 0 Å². The molecular formula is C16H20N2O3. The van der Waals surface area contributed by atoms with E-state index in [1.165, 1.54) is 5.56 Å². The summed E-state index contributed by atoms with van der Waals surface area (Å²) in [5, 5.41) is 6.61. The van der Waals surface area contributed by atoms with Crippen LogP contribution in [0.15, 0.2) is 28.8 Å². The SMILES string of the molecule is Cc1cccc(OCCCNC(=O)c2c(C)noc2C)c1. The van der Waals surface area contributed by atoms with Crippen molar-refractivity contribution < 1.29 is 14.1 Å². The number of benzene rings is 1. The summed E-state index contributed by atoms with van der Waals surface area (Å²) in [5.41, 5.74) is 2.30. The lowest BCUT2D eigenvalue weighted by molar-refractivity contribution is 0.0949. The van der Waals surface area contributed by atoms with Crippen LogP contribution in [0.25, 0.3) is 0 Å². The third kappa shape index (κ3) is 4.08. The van der Waals surface area contributed by atoms with Gasteiger partial charge in [-0.15, -0.1) is 0 Å². The molecule has 1 amide bonds. The first kappa shape index (κ1) is 15.1. The fourth-order valence-electron chi connectivity index (χ4n) is 2.06. The second-order valence-electron chi connectivity index (χ2n) is 4.97. The van der Waals surface area contributed by atoms with Crippen LogP contribution in [-0.4, -0.2) is 24.2 Å². The number of carbonyl (C=O) groups excluding carboxylic acids is 1. The van der Waals surface area contributed by atoms with Crippen LogP contribution in [0, 0.1) is 20.8 Å². The van der Waals surface area contributed by atoms with E-state index in [9.17, 15) is 4.79 Å². The molecule has 21 heavy (non-hydrogen) atoms. The fourth-order valence-corrected chi connectivity index (χ4v) is 2.06. The molecule has 0 fully saturated rings. The molecule has 0 aliphatic rings. The van der Waals surface area contributed by atoms with E-state index in [0.717, 1.165) is 12.2 Å². The smallest absolute Gasteiger partial charge is 0.256 e. The Balaban J connectivity index is 1.72. The average molecular weight is 288 g/mol. The fraction of sp³-hybridized carbons (Fsp3) is 0.375. The molecule has 0 aliphatic heterocycles. The molecule has 112 valence electrons. The van der Waals surface area contributed by atoms with Gasteiger partial charge in [-0.05, 0) is 44.9 Å². The Hall–Kier alpha value is -2.30. The minimum Gasteiger partial charge on any atom is -0.494 e. The van der Waals surface area contributed by atoms with Crippen LogP contribution in [0.5, 0.6) is 5.75 Å². The first-order chi connectivity index (χ1) is 10.1. The van der Waals surface area contributed by atoms with Crippen molar-refractivity contribution >= 4 is 5.91 Å². The molecule has 1 heterocycles. The topological polar surface area (TPSA) is 64.4 Å². The zero-order chi connectivity index (χ0) is 15.2. The first-order valence-electron chi connectivity index (χ1n) is 6.98. The third-order valence-corrected chi connectivity index (χ3v) is 3.13. The van der Waals surface area contributed by atoms with Gasteiger partial charge < -0.3 is 14.6 Å². The molecule has 2 rings (SSSR count). The third-order valence-electron chi connectivity index (χ3n) is 3.13. The van der Waals surface area contributed by atoms with Crippen LogP contribution in [0.3, 0.4) is 0 Å². The molecule has 1 N–H and O–H groups in total. The van der Waals surface area contributed by atoms with E-state index in [-0.39, 0.29) is 5.91 Å². The van der Waals surface area contributed by atoms with Crippen LogP contribution >= 0.6 is 0 Å². The first-order valence-corrected chi connectivity index (χ1v) is 6.98. The highest BCUT2D eigenvalue weighted by molar-refractivity contribution is 5.96. The molecule has 0 unspecified atom stereocenters. The summed E-state index contributed by atoms with van der Waals surface area (Å²) in [6, 6.07) is 7.90. The lowest BCUT2D eigenvalue weighted by Crippen LogP contribution is -2.26. The van der Waals surface area contributed by atoms with E-state index in [0.29, 0.717) is 30.2 Å². The maximum absolute atomic E-state index is 12.0. The van der Waals surface area contributed by atoms with Gasteiger partial charge in [-0.3, -0.25) is 4.79 Å². The summed E-state index contributed by atoms with van der Waals surface area (Å²) in [6.07, 6.45) is 0.739. The number of hydrogen-bond acceptors (Lipinski definition) is 4. The molecule has 1 aromatic heterocycles. The Labute approximate surface area is 124 Å². The quantitative estimate of drug-likeness (QED) is 0.830. The maximum atomic E-state index is 12.0. The summed E-state index contributed by atoms with van der Waals surface area (Å²) in [5.74, 6) is 1.25. The lowest BCUT2D eigenvalue weighted by atomic mass is 10.2. The Morgan fingerprint density at radius 2 is 2.14 bits per heavy atom. The summed E-state index contributed by atoms with van der Waals surface area (Å²) < 4.78 is 10.6. The summed E-state index contributed by atoms with van der Waals surface area (Å²) >= 11 is 0. The molecule has 0 saturated carbocycles. The largest absolute Gasteiger partial charge is 0.494 e. The predicted molar refractivity (Wildman–Crippen MR) is 79.6 cm³/mol. The Morgan fingerprint density at radius 3 is 2.81 bits per heavy atom. The van der Waals surface area contributed by atoms with Crippen LogP contribution in [0.1, 0.15) is 33.8 Å². The van der Waals surface area contributed by atoms with Gasteiger partial charge in [0.1, 0.15) is 17.1 Å². The van der Waals surface area contributed by atoms with Crippen molar-refractivity contribution in [2.45, 2.75) is 27.2 Å². The molecule has 0 saturated heterocycles. The Bertz CT molecular complexity index is 600. The zero-order valence-corrected chi connectivity index (χ0v) is 12.6. The second-order valence-corrected chi connectivity index (χ2v) is 4.97. The Morgan fingerprint density at radius 1 is 1.33 bits per heavy atom. The van der Waals surface area contributed by atoms with Gasteiger partial charge in [0.15, 0.2) is 0 Å². The highest BCUT2D eigenvalue weighted by atomic mass is 16.5. The molecule has 0 spiro atoms. The van der Waals surface area contributed by atoms with E-state index in [2.05, 4.69) is 10.5 Å². The van der Waals surface area contributed by atoms with Crippen molar-refractivity contribution in [3.8, 4) is 5.75 Å². The van der Waals surface area contributed by atoms with Crippen LogP contribution in [0.2, 0.25) is 0 Å². The highest BCUT2D eigenvalue weighted by Gasteiger charge is 2.16. The van der Waals surface area contributed by atoms with Crippen molar-refractivity contribution in [1.82, 2.24) is 10.5 Å². The van der Waals surface area contributed by atoms with E-state index < -0.39 is 0 Å². The number of amides is 1. The van der Waals surface area contributed by atoms with Crippen LogP contribution in [-0.2, 0) is 0 Å². The molecule has 0 radical (unpaired) electrons. The number of aryl methyl sites for hydroxylation is 3. The number of hydrogen-bond donors (Lipinski definition) is 1. The molecule has 2 aromatic rings. The molecule has 5 nitrogen and oxygen atoms in total. The van der Waals surface area contributed by atoms with Gasteiger partial charge in [0.05, 0.1) is 12.3 Å². The van der Waals surface area contributed by atoms with Gasteiger partial charge in [0, 0.05) is 6.54 Å². The number of rotatable bonds is 6. The molecule has 0 aliphatic carbocycles. The van der Waals surface area contributed by atoms with E-state index in [1.54, 1.807) is 13.8 Å². The predicted octanol–water partition coefficient (Wildman–Crippen LogP) is 2.80. The van der Waals surface area contributed by atoms with Crippen molar-refractivity contribution in [3.63, 3.8) is 0 Å². The monoisotopic (exact) mass is 288 g/mol. The number of nitrogens with zero attached hydrogens (tertiary/aromatic N) is 1. The molecule has 0 bridgehead atoms. The lowest BCUT2D eigenvalue weighted by Gasteiger charge is -2.07. The zero-order valence-electron chi connectivity index (χ0n) is 12.6. The normalized spacial score (nSPS) is 10.4. The molecule has 5 heteroatoms. The van der Waals surface area contributed by atoms with Crippen LogP contribution < -0.4 is 10.1 Å². The number of ether oxygens (including phenoxy) is 1. The minimum atomic E-state index is -0.151. The highest BCUT2D eigenvalue weighted by Crippen LogP contribution is 2.13. The van der Waals surface area contributed by atoms with Gasteiger partial charge in [-0.2, -0.15) is 0 Å². The van der Waals surface area contributed by atoms with Gasteiger partial charge in [-0.25, -0.2) is 0 Å². The standard InChI is InChI=1S/C16H20N2O3/c1-11-6-4-7-14(10-11)20-9-5-8-17-16(19)15-12(2)18-21-13(15)3/h4,6-7,10H,5,8-9H2,1-3H3,(H,17,19). The van der Waals surface area contributed by atoms with Gasteiger partial charge >= 0.3 is 0 Å². The number of carbonyl (C=O) groups is 1. The van der Waals surface area contributed by atoms with Gasteiger partial charge in [0.25, 0.3) is 5.91 Å². The van der Waals surface area contributed by atoms with Crippen LogP contribution in [0.4, 0.5) is 0 Å². The number of nitrogens with one attached hydrogen (secondary N) is 1. The minimum absolute atomic E-state index is 0.151. The summed E-state index contributed by atoms with van der Waals surface area (Å²) in [4.78, 5) is 12.0. The van der Waals surface area contributed by atoms with E-state index >= 15 is 0 Å². The second kappa shape index (κ2) is 6.92. The summed E-state index contributed by atoms with van der Waals surface area (Å²) in [7, 11) is 0. The van der Waals surface area contributed by atoms with Crippen molar-refractivity contribution in [2.24, 2.45) is 0 Å². The average Bonchev–Trinajstić information content (AvgIpc) is 2.78. The molecule has 0 atom stereocenters. The molecule has 1 aromatic carbocycles. The van der Waals surface area contributed by atoms with E-state index in [4.69, 9.17) is 9.26 Å². The number of aromatic nitrogens is 1. The van der Waals surface area contributed by atoms with Crippen molar-refractivity contribution in [3.05, 3.63) is 46.8 Å². The maximum Gasteiger partial charge on any atom is 0.256 e. The van der Waals surface area contributed by atoms with E-state index in [1.807, 2.05) is 31.2 Å². The van der Waals surface area contributed by atoms with Crippen molar-refractivity contribution in [2.75, 3.05) is 13.2 Å². The summed E-state index contributed by atoms with van der Waals surface area (Å²) in [6.45, 7) is 6.62. The Kier molecular flexibility index (Phi) is 4.98.